The molecule has 2 aromatic carbocycles. The van der Waals surface area contributed by atoms with Crippen molar-refractivity contribution in [3.05, 3.63) is 71.4 Å². The fourth-order valence-corrected chi connectivity index (χ4v) is 3.95. The summed E-state index contributed by atoms with van der Waals surface area (Å²) in [5, 5.41) is 18.2. The maximum Gasteiger partial charge on any atom is 0.408 e. The summed E-state index contributed by atoms with van der Waals surface area (Å²) in [5.41, 5.74) is 3.02. The summed E-state index contributed by atoms with van der Waals surface area (Å²) < 4.78 is 6.65. The van der Waals surface area contributed by atoms with Crippen LogP contribution in [0.3, 0.4) is 0 Å². The van der Waals surface area contributed by atoms with Gasteiger partial charge in [0.2, 0.25) is 0 Å². The number of alkyl carbamates (subject to hydrolysis) is 1. The number of carboxylic acids is 1. The lowest BCUT2D eigenvalue weighted by atomic mass is 9.98. The van der Waals surface area contributed by atoms with E-state index in [2.05, 4.69) is 27.9 Å². The number of aromatic nitrogens is 2. The molecule has 3 N–H and O–H groups in total. The Labute approximate surface area is 190 Å². The predicted octanol–water partition coefficient (Wildman–Crippen LogP) is 3.37. The first-order valence-corrected chi connectivity index (χ1v) is 10.4. The average molecular weight is 448 g/mol. The molecule has 0 saturated heterocycles. The number of carbonyl (C=O) groups is 3. The molecule has 1 aliphatic carbocycles. The number of nitrogens with zero attached hydrogens (tertiary/aromatic N) is 2. The third-order valence-electron chi connectivity index (χ3n) is 5.67. The van der Waals surface area contributed by atoms with Crippen molar-refractivity contribution in [2.75, 3.05) is 11.9 Å². The largest absolute Gasteiger partial charge is 0.477 e. The molecule has 0 spiro atoms. The van der Waals surface area contributed by atoms with Crippen LogP contribution in [0.15, 0.2) is 54.6 Å². The smallest absolute Gasteiger partial charge is 0.408 e. The number of hydrogen-bond donors (Lipinski definition) is 3. The second-order valence-electron chi connectivity index (χ2n) is 8.37. The van der Waals surface area contributed by atoms with Gasteiger partial charge in [-0.25, -0.2) is 9.59 Å². The van der Waals surface area contributed by atoms with Gasteiger partial charge < -0.3 is 20.5 Å². The van der Waals surface area contributed by atoms with Crippen molar-refractivity contribution in [1.82, 2.24) is 15.1 Å². The summed E-state index contributed by atoms with van der Waals surface area (Å²) in [7, 11) is 1.46. The van der Waals surface area contributed by atoms with Gasteiger partial charge in [0, 0.05) is 19.0 Å². The summed E-state index contributed by atoms with van der Waals surface area (Å²) in [6, 6.07) is 17.3. The van der Waals surface area contributed by atoms with Crippen LogP contribution in [0.2, 0.25) is 0 Å². The van der Waals surface area contributed by atoms with Crippen molar-refractivity contribution in [1.29, 1.82) is 0 Å². The molecule has 0 saturated carbocycles. The first-order valence-electron chi connectivity index (χ1n) is 10.4. The number of hydrogen-bond acceptors (Lipinski definition) is 5. The number of ether oxygens (including phenoxy) is 1. The predicted molar refractivity (Wildman–Crippen MR) is 121 cm³/mol. The molecule has 33 heavy (non-hydrogen) atoms. The Kier molecular flexibility index (Phi) is 5.63. The molecule has 2 amide bonds. The molecule has 0 unspecified atom stereocenters. The van der Waals surface area contributed by atoms with E-state index in [4.69, 9.17) is 9.84 Å². The van der Waals surface area contributed by atoms with E-state index in [1.54, 1.807) is 0 Å². The molecule has 0 bridgehead atoms. The van der Waals surface area contributed by atoms with Gasteiger partial charge in [0.05, 0.1) is 0 Å². The highest BCUT2D eigenvalue weighted by molar-refractivity contribution is 5.99. The highest BCUT2D eigenvalue weighted by atomic mass is 16.5. The Balaban J connectivity index is 1.40. The Morgan fingerprint density at radius 2 is 1.64 bits per heavy atom. The molecule has 0 radical (unpaired) electrons. The number of nitrogens with one attached hydrogen (secondary N) is 2. The molecule has 170 valence electrons. The van der Waals surface area contributed by atoms with E-state index in [-0.39, 0.29) is 24.0 Å². The molecule has 1 aromatic heterocycles. The maximum atomic E-state index is 12.7. The fourth-order valence-electron chi connectivity index (χ4n) is 3.95. The molecular formula is C24H24N4O5. The van der Waals surface area contributed by atoms with Crippen LogP contribution in [0.4, 0.5) is 10.6 Å². The Morgan fingerprint density at radius 1 is 1.06 bits per heavy atom. The molecule has 9 heteroatoms. The SMILES string of the molecule is Cn1nc(NC(=O)C(C)(C)NC(=O)OCC2c3ccccc3-c3ccccc32)cc1C(=O)O. The van der Waals surface area contributed by atoms with Gasteiger partial charge >= 0.3 is 12.1 Å². The number of carboxylic acid groups (broad SMARTS) is 1. The zero-order chi connectivity index (χ0) is 23.8. The van der Waals surface area contributed by atoms with Crippen LogP contribution in [0, 0.1) is 0 Å². The minimum atomic E-state index is -1.33. The Hall–Kier alpha value is -4.14. The van der Waals surface area contributed by atoms with Crippen LogP contribution in [0.25, 0.3) is 11.1 Å². The zero-order valence-electron chi connectivity index (χ0n) is 18.5. The monoisotopic (exact) mass is 448 g/mol. The summed E-state index contributed by atoms with van der Waals surface area (Å²) in [6.07, 6.45) is -0.732. The lowest BCUT2D eigenvalue weighted by Gasteiger charge is -2.24. The average Bonchev–Trinajstić information content (AvgIpc) is 3.29. The third-order valence-corrected chi connectivity index (χ3v) is 5.67. The van der Waals surface area contributed by atoms with Crippen LogP contribution < -0.4 is 10.6 Å². The minimum absolute atomic E-state index is 0.0716. The molecule has 0 atom stereocenters. The molecule has 1 heterocycles. The topological polar surface area (TPSA) is 123 Å². The number of fused-ring (bicyclic) bond motifs is 3. The lowest BCUT2D eigenvalue weighted by Crippen LogP contribution is -2.52. The number of carbonyl (C=O) groups excluding carboxylic acids is 2. The van der Waals surface area contributed by atoms with Crippen LogP contribution in [-0.4, -0.2) is 45.0 Å². The van der Waals surface area contributed by atoms with Crippen LogP contribution in [0.1, 0.15) is 41.4 Å². The number of aryl methyl sites for hydroxylation is 1. The van der Waals surface area contributed by atoms with Crippen molar-refractivity contribution in [3.8, 4) is 11.1 Å². The fraction of sp³-hybridized carbons (Fsp3) is 0.250. The van der Waals surface area contributed by atoms with Crippen molar-refractivity contribution >= 4 is 23.8 Å². The van der Waals surface area contributed by atoms with Crippen LogP contribution in [-0.2, 0) is 16.6 Å². The quantitative estimate of drug-likeness (QED) is 0.531. The zero-order valence-corrected chi connectivity index (χ0v) is 18.5. The van der Waals surface area contributed by atoms with Crippen LogP contribution in [0.5, 0.6) is 0 Å². The van der Waals surface area contributed by atoms with Gasteiger partial charge in [-0.3, -0.25) is 9.48 Å². The van der Waals surface area contributed by atoms with E-state index in [1.165, 1.54) is 27.0 Å². The molecule has 1 aliphatic rings. The van der Waals surface area contributed by atoms with Crippen LogP contribution >= 0.6 is 0 Å². The number of anilines is 1. The first kappa shape index (κ1) is 22.1. The van der Waals surface area contributed by atoms with Gasteiger partial charge in [0.1, 0.15) is 17.8 Å². The van der Waals surface area contributed by atoms with Gasteiger partial charge in [-0.2, -0.15) is 5.10 Å². The van der Waals surface area contributed by atoms with Crippen molar-refractivity contribution in [3.63, 3.8) is 0 Å². The summed E-state index contributed by atoms with van der Waals surface area (Å²) >= 11 is 0. The standard InChI is InChI=1S/C24H24N4O5/c1-24(2,22(31)25-20-12-19(21(29)30)28(3)27-20)26-23(32)33-13-18-16-10-6-4-8-14(16)15-9-5-7-11-17(15)18/h4-12,18H,13H2,1-3H3,(H,26,32)(H,29,30)(H,25,27,31). The van der Waals surface area contributed by atoms with Crippen molar-refractivity contribution < 1.29 is 24.2 Å². The summed E-state index contributed by atoms with van der Waals surface area (Å²) in [5.74, 6) is -1.75. The van der Waals surface area contributed by atoms with E-state index in [0.29, 0.717) is 0 Å². The van der Waals surface area contributed by atoms with Crippen molar-refractivity contribution in [2.24, 2.45) is 7.05 Å². The number of benzene rings is 2. The van der Waals surface area contributed by atoms with Gasteiger partial charge in [0.25, 0.3) is 5.91 Å². The Bertz CT molecular complexity index is 1200. The number of amides is 2. The number of aromatic carboxylic acids is 1. The first-order chi connectivity index (χ1) is 15.7. The van der Waals surface area contributed by atoms with E-state index in [9.17, 15) is 14.4 Å². The summed E-state index contributed by atoms with van der Waals surface area (Å²) in [4.78, 5) is 36.4. The normalized spacial score (nSPS) is 12.6. The highest BCUT2D eigenvalue weighted by Gasteiger charge is 2.33. The molecule has 4 rings (SSSR count). The molecule has 9 nitrogen and oxygen atoms in total. The molecule has 0 aliphatic heterocycles. The van der Waals surface area contributed by atoms with E-state index < -0.39 is 23.5 Å². The minimum Gasteiger partial charge on any atom is -0.477 e. The second kappa shape index (κ2) is 8.42. The molecule has 0 fully saturated rings. The van der Waals surface area contributed by atoms with Gasteiger partial charge in [-0.05, 0) is 36.1 Å². The molecule has 3 aromatic rings. The second-order valence-corrected chi connectivity index (χ2v) is 8.37. The Morgan fingerprint density at radius 3 is 2.18 bits per heavy atom. The van der Waals surface area contributed by atoms with E-state index in [0.717, 1.165) is 26.9 Å². The van der Waals surface area contributed by atoms with E-state index in [1.807, 2.05) is 36.4 Å². The van der Waals surface area contributed by atoms with E-state index >= 15 is 0 Å². The maximum absolute atomic E-state index is 12.7. The van der Waals surface area contributed by atoms with Gasteiger partial charge in [0.15, 0.2) is 5.82 Å². The van der Waals surface area contributed by atoms with Crippen molar-refractivity contribution in [2.45, 2.75) is 25.3 Å². The third kappa shape index (κ3) is 4.30. The van der Waals surface area contributed by atoms with Gasteiger partial charge in [-0.15, -0.1) is 0 Å². The lowest BCUT2D eigenvalue weighted by molar-refractivity contribution is -0.121. The molecular weight excluding hydrogens is 424 g/mol. The summed E-state index contributed by atoms with van der Waals surface area (Å²) in [6.45, 7) is 3.16. The number of rotatable bonds is 6. The van der Waals surface area contributed by atoms with Gasteiger partial charge in [-0.1, -0.05) is 48.5 Å². The highest BCUT2D eigenvalue weighted by Crippen LogP contribution is 2.44.